The van der Waals surface area contributed by atoms with E-state index in [0.29, 0.717) is 18.1 Å². The average molecular weight is 253 g/mol. The molecule has 1 aromatic rings. The molecule has 0 aliphatic carbocycles. The number of pyridine rings is 1. The van der Waals surface area contributed by atoms with Gasteiger partial charge in [-0.05, 0) is 12.1 Å². The lowest BCUT2D eigenvalue weighted by Gasteiger charge is -2.32. The molecule has 5 nitrogen and oxygen atoms in total. The summed E-state index contributed by atoms with van der Waals surface area (Å²) in [5, 5.41) is 9.09. The van der Waals surface area contributed by atoms with Gasteiger partial charge in [0.1, 0.15) is 10.8 Å². The van der Waals surface area contributed by atoms with Crippen molar-refractivity contribution in [3.05, 3.63) is 23.9 Å². The highest BCUT2D eigenvalue weighted by Crippen LogP contribution is 2.16. The molecule has 17 heavy (non-hydrogen) atoms. The quantitative estimate of drug-likeness (QED) is 0.734. The van der Waals surface area contributed by atoms with E-state index in [-0.39, 0.29) is 12.7 Å². The van der Waals surface area contributed by atoms with Gasteiger partial charge < -0.3 is 20.5 Å². The van der Waals surface area contributed by atoms with Crippen molar-refractivity contribution in [2.45, 2.75) is 6.10 Å². The summed E-state index contributed by atoms with van der Waals surface area (Å²) in [4.78, 5) is 6.71. The van der Waals surface area contributed by atoms with Gasteiger partial charge in [-0.1, -0.05) is 12.2 Å². The van der Waals surface area contributed by atoms with E-state index < -0.39 is 0 Å². The second kappa shape index (κ2) is 5.39. The van der Waals surface area contributed by atoms with Crippen molar-refractivity contribution in [2.75, 3.05) is 31.2 Å². The molecule has 2 heterocycles. The van der Waals surface area contributed by atoms with E-state index in [0.717, 1.165) is 17.9 Å². The first-order valence-electron chi connectivity index (χ1n) is 5.44. The van der Waals surface area contributed by atoms with Crippen LogP contribution in [0.15, 0.2) is 18.3 Å². The van der Waals surface area contributed by atoms with Gasteiger partial charge in [0.2, 0.25) is 0 Å². The van der Waals surface area contributed by atoms with Crippen LogP contribution in [0.5, 0.6) is 0 Å². The molecule has 1 aliphatic heterocycles. The van der Waals surface area contributed by atoms with E-state index in [9.17, 15) is 0 Å². The average Bonchev–Trinajstić information content (AvgIpc) is 2.39. The molecular formula is C11H15N3O2S. The standard InChI is InChI=1S/C11H15N3O2S/c12-11(17)8-1-2-13-10(5-8)14-3-4-16-9(6-14)7-15/h1-2,5,9,15H,3-4,6-7H2,(H2,12,17). The van der Waals surface area contributed by atoms with E-state index in [2.05, 4.69) is 9.88 Å². The summed E-state index contributed by atoms with van der Waals surface area (Å²) >= 11 is 4.94. The van der Waals surface area contributed by atoms with Gasteiger partial charge in [-0.3, -0.25) is 0 Å². The fraction of sp³-hybridized carbons (Fsp3) is 0.455. The number of nitrogens with two attached hydrogens (primary N) is 1. The first-order chi connectivity index (χ1) is 8.20. The van der Waals surface area contributed by atoms with Crippen molar-refractivity contribution in [3.63, 3.8) is 0 Å². The summed E-state index contributed by atoms with van der Waals surface area (Å²) in [6.45, 7) is 1.99. The normalized spacial score (nSPS) is 20.3. The first kappa shape index (κ1) is 12.2. The van der Waals surface area contributed by atoms with Crippen molar-refractivity contribution in [1.82, 2.24) is 4.98 Å². The molecule has 0 radical (unpaired) electrons. The van der Waals surface area contributed by atoms with Crippen LogP contribution < -0.4 is 10.6 Å². The Hall–Kier alpha value is -1.24. The van der Waals surface area contributed by atoms with Crippen LogP contribution in [-0.2, 0) is 4.74 Å². The minimum atomic E-state index is -0.154. The van der Waals surface area contributed by atoms with Crippen LogP contribution in [0.1, 0.15) is 5.56 Å². The number of morpholine rings is 1. The number of thiocarbonyl (C=S) groups is 1. The zero-order chi connectivity index (χ0) is 12.3. The minimum Gasteiger partial charge on any atom is -0.394 e. The number of aliphatic hydroxyl groups is 1. The Kier molecular flexibility index (Phi) is 3.88. The number of aromatic nitrogens is 1. The van der Waals surface area contributed by atoms with E-state index in [1.165, 1.54) is 0 Å². The van der Waals surface area contributed by atoms with Crippen LogP contribution in [0.3, 0.4) is 0 Å². The first-order valence-corrected chi connectivity index (χ1v) is 5.85. The smallest absolute Gasteiger partial charge is 0.129 e. The Morgan fingerprint density at radius 3 is 3.24 bits per heavy atom. The van der Waals surface area contributed by atoms with Gasteiger partial charge in [-0.25, -0.2) is 4.98 Å². The molecule has 1 aliphatic rings. The number of aliphatic hydroxyl groups excluding tert-OH is 1. The highest BCUT2D eigenvalue weighted by molar-refractivity contribution is 7.80. The van der Waals surface area contributed by atoms with Gasteiger partial charge in [-0.2, -0.15) is 0 Å². The van der Waals surface area contributed by atoms with Crippen LogP contribution in [0.2, 0.25) is 0 Å². The lowest BCUT2D eigenvalue weighted by Crippen LogP contribution is -2.44. The predicted molar refractivity (Wildman–Crippen MR) is 69.2 cm³/mol. The van der Waals surface area contributed by atoms with Crippen LogP contribution in [0.4, 0.5) is 5.82 Å². The van der Waals surface area contributed by atoms with Crippen LogP contribution >= 0.6 is 12.2 Å². The van der Waals surface area contributed by atoms with Crippen LogP contribution in [0.25, 0.3) is 0 Å². The van der Waals surface area contributed by atoms with Crippen molar-refractivity contribution < 1.29 is 9.84 Å². The third-order valence-corrected chi connectivity index (χ3v) is 2.93. The number of hydrogen-bond donors (Lipinski definition) is 2. The number of anilines is 1. The molecule has 3 N–H and O–H groups in total. The maximum atomic E-state index is 9.09. The van der Waals surface area contributed by atoms with Crippen molar-refractivity contribution in [2.24, 2.45) is 5.73 Å². The van der Waals surface area contributed by atoms with Crippen molar-refractivity contribution >= 4 is 23.0 Å². The molecule has 0 bridgehead atoms. The van der Waals surface area contributed by atoms with Gasteiger partial charge in [0.25, 0.3) is 0 Å². The Morgan fingerprint density at radius 2 is 2.53 bits per heavy atom. The number of ether oxygens (including phenoxy) is 1. The summed E-state index contributed by atoms with van der Waals surface area (Å²) in [6, 6.07) is 3.65. The second-order valence-electron chi connectivity index (χ2n) is 3.89. The van der Waals surface area contributed by atoms with Crippen molar-refractivity contribution in [1.29, 1.82) is 0 Å². The number of hydrogen-bond acceptors (Lipinski definition) is 5. The lowest BCUT2D eigenvalue weighted by atomic mass is 10.2. The molecule has 92 valence electrons. The Labute approximate surface area is 105 Å². The molecule has 1 aromatic heterocycles. The van der Waals surface area contributed by atoms with Gasteiger partial charge >= 0.3 is 0 Å². The fourth-order valence-electron chi connectivity index (χ4n) is 1.78. The van der Waals surface area contributed by atoms with Gasteiger partial charge in [0.05, 0.1) is 19.3 Å². The SMILES string of the molecule is NC(=S)c1ccnc(N2CCOC(CO)C2)c1. The molecule has 0 spiro atoms. The van der Waals surface area contributed by atoms with E-state index in [1.54, 1.807) is 12.3 Å². The molecule has 0 amide bonds. The zero-order valence-corrected chi connectivity index (χ0v) is 10.2. The van der Waals surface area contributed by atoms with Gasteiger partial charge in [0, 0.05) is 24.8 Å². The topological polar surface area (TPSA) is 71.6 Å². The lowest BCUT2D eigenvalue weighted by molar-refractivity contribution is 0.00336. The van der Waals surface area contributed by atoms with Crippen molar-refractivity contribution in [3.8, 4) is 0 Å². The summed E-state index contributed by atoms with van der Waals surface area (Å²) in [5.74, 6) is 0.817. The maximum absolute atomic E-state index is 9.09. The monoisotopic (exact) mass is 253 g/mol. The molecule has 0 aromatic carbocycles. The molecule has 2 rings (SSSR count). The summed E-state index contributed by atoms with van der Waals surface area (Å²) in [6.07, 6.45) is 1.53. The van der Waals surface area contributed by atoms with E-state index in [1.807, 2.05) is 6.07 Å². The number of nitrogens with zero attached hydrogens (tertiary/aromatic N) is 2. The fourth-order valence-corrected chi connectivity index (χ4v) is 1.91. The molecule has 1 fully saturated rings. The van der Waals surface area contributed by atoms with Gasteiger partial charge in [0.15, 0.2) is 0 Å². The Balaban J connectivity index is 2.16. The van der Waals surface area contributed by atoms with Crippen LogP contribution in [-0.4, -0.2) is 47.5 Å². The highest BCUT2D eigenvalue weighted by atomic mass is 32.1. The highest BCUT2D eigenvalue weighted by Gasteiger charge is 2.20. The molecule has 0 saturated carbocycles. The summed E-state index contributed by atoms with van der Waals surface area (Å²) < 4.78 is 5.39. The summed E-state index contributed by atoms with van der Waals surface area (Å²) in [5.41, 5.74) is 6.39. The maximum Gasteiger partial charge on any atom is 0.129 e. The second-order valence-corrected chi connectivity index (χ2v) is 4.33. The number of rotatable bonds is 3. The van der Waals surface area contributed by atoms with E-state index >= 15 is 0 Å². The van der Waals surface area contributed by atoms with Crippen LogP contribution in [0, 0.1) is 0 Å². The third kappa shape index (κ3) is 2.91. The summed E-state index contributed by atoms with van der Waals surface area (Å²) in [7, 11) is 0. The third-order valence-electron chi connectivity index (χ3n) is 2.70. The molecule has 1 saturated heterocycles. The molecule has 1 unspecified atom stereocenters. The van der Waals surface area contributed by atoms with E-state index in [4.69, 9.17) is 27.8 Å². The minimum absolute atomic E-state index is 0.0193. The predicted octanol–water partition coefficient (Wildman–Crippen LogP) is -0.0867. The molecule has 1 atom stereocenters. The van der Waals surface area contributed by atoms with Gasteiger partial charge in [-0.15, -0.1) is 0 Å². The zero-order valence-electron chi connectivity index (χ0n) is 9.37. The molecule has 6 heteroatoms. The molecular weight excluding hydrogens is 238 g/mol. The largest absolute Gasteiger partial charge is 0.394 e. The Bertz CT molecular complexity index is 413. The Morgan fingerprint density at radius 1 is 1.71 bits per heavy atom.